The molecule has 30 heavy (non-hydrogen) atoms. The fourth-order valence-electron chi connectivity index (χ4n) is 2.75. The summed E-state index contributed by atoms with van der Waals surface area (Å²) < 4.78 is 6.90. The standard InChI is InChI=1S/C21H15N5O4/c27-21(15-7-3-1-4-8-15)23-22-13-16-14-25(17-9-5-2-6-10-17)24-20(16)18-11-12-19(30-18)26(28)29/h1-14H,(H,23,27)/b22-13+. The Morgan fingerprint density at radius 1 is 1.07 bits per heavy atom. The van der Waals surface area contributed by atoms with Crippen molar-refractivity contribution in [1.29, 1.82) is 0 Å². The summed E-state index contributed by atoms with van der Waals surface area (Å²) >= 11 is 0. The van der Waals surface area contributed by atoms with E-state index in [1.807, 2.05) is 36.4 Å². The molecule has 0 unspecified atom stereocenters. The largest absolute Gasteiger partial charge is 0.433 e. The monoisotopic (exact) mass is 401 g/mol. The summed E-state index contributed by atoms with van der Waals surface area (Å²) in [5, 5.41) is 19.4. The second kappa shape index (κ2) is 8.23. The Morgan fingerprint density at radius 2 is 1.77 bits per heavy atom. The summed E-state index contributed by atoms with van der Waals surface area (Å²) in [6.45, 7) is 0. The molecule has 0 aliphatic heterocycles. The van der Waals surface area contributed by atoms with Crippen LogP contribution in [0.4, 0.5) is 5.88 Å². The molecule has 2 heterocycles. The number of hydrogen-bond acceptors (Lipinski definition) is 6. The first-order chi connectivity index (χ1) is 14.6. The summed E-state index contributed by atoms with van der Waals surface area (Å²) in [4.78, 5) is 22.5. The van der Waals surface area contributed by atoms with Crippen LogP contribution in [0.2, 0.25) is 0 Å². The van der Waals surface area contributed by atoms with Gasteiger partial charge < -0.3 is 4.42 Å². The summed E-state index contributed by atoms with van der Waals surface area (Å²) in [6, 6.07) is 20.7. The lowest BCUT2D eigenvalue weighted by atomic mass is 10.2. The van der Waals surface area contributed by atoms with Gasteiger partial charge in [-0.3, -0.25) is 14.9 Å². The van der Waals surface area contributed by atoms with Gasteiger partial charge in [0.25, 0.3) is 5.91 Å². The van der Waals surface area contributed by atoms with Gasteiger partial charge in [-0.15, -0.1) is 0 Å². The molecule has 0 fully saturated rings. The molecule has 1 amide bonds. The number of nitrogens with zero attached hydrogens (tertiary/aromatic N) is 4. The third-order valence-electron chi connectivity index (χ3n) is 4.17. The van der Waals surface area contributed by atoms with E-state index in [0.717, 1.165) is 5.69 Å². The van der Waals surface area contributed by atoms with Crippen LogP contribution >= 0.6 is 0 Å². The van der Waals surface area contributed by atoms with E-state index in [4.69, 9.17) is 4.42 Å². The Balaban J connectivity index is 1.65. The Kier molecular flexibility index (Phi) is 5.16. The van der Waals surface area contributed by atoms with Gasteiger partial charge in [0.05, 0.1) is 18.0 Å². The van der Waals surface area contributed by atoms with Crippen LogP contribution in [0.5, 0.6) is 0 Å². The third-order valence-corrected chi connectivity index (χ3v) is 4.17. The Morgan fingerprint density at radius 3 is 2.43 bits per heavy atom. The minimum atomic E-state index is -0.620. The van der Waals surface area contributed by atoms with Crippen molar-refractivity contribution in [2.45, 2.75) is 0 Å². The van der Waals surface area contributed by atoms with E-state index in [-0.39, 0.29) is 17.6 Å². The minimum absolute atomic E-state index is 0.215. The first-order valence-corrected chi connectivity index (χ1v) is 8.90. The number of hydrazone groups is 1. The fourth-order valence-corrected chi connectivity index (χ4v) is 2.75. The Hall–Kier alpha value is -4.53. The highest BCUT2D eigenvalue weighted by Crippen LogP contribution is 2.27. The molecule has 2 aromatic carbocycles. The molecule has 0 saturated heterocycles. The molecule has 0 spiro atoms. The zero-order chi connectivity index (χ0) is 20.9. The molecule has 0 atom stereocenters. The molecule has 0 radical (unpaired) electrons. The minimum Gasteiger partial charge on any atom is -0.399 e. The third kappa shape index (κ3) is 3.99. The maximum absolute atomic E-state index is 12.2. The number of nitrogens with one attached hydrogen (secondary N) is 1. The molecule has 0 saturated carbocycles. The Bertz CT molecular complexity index is 1210. The molecule has 9 heteroatoms. The quantitative estimate of drug-likeness (QED) is 0.300. The number of para-hydroxylation sites is 1. The van der Waals surface area contributed by atoms with Crippen LogP contribution in [0.1, 0.15) is 15.9 Å². The van der Waals surface area contributed by atoms with Crippen molar-refractivity contribution in [3.8, 4) is 17.1 Å². The van der Waals surface area contributed by atoms with Crippen LogP contribution in [-0.4, -0.2) is 26.8 Å². The highest BCUT2D eigenvalue weighted by molar-refractivity contribution is 5.95. The smallest absolute Gasteiger partial charge is 0.399 e. The zero-order valence-electron chi connectivity index (χ0n) is 15.5. The van der Waals surface area contributed by atoms with Crippen LogP contribution < -0.4 is 5.43 Å². The molecule has 4 aromatic rings. The molecule has 2 aromatic heterocycles. The predicted octanol–water partition coefficient (Wildman–Crippen LogP) is 3.80. The average Bonchev–Trinajstić information content (AvgIpc) is 3.42. The lowest BCUT2D eigenvalue weighted by molar-refractivity contribution is -0.401. The molecule has 148 valence electrons. The maximum atomic E-state index is 12.2. The molecule has 0 aliphatic carbocycles. The number of nitro groups is 1. The summed E-state index contributed by atoms with van der Waals surface area (Å²) in [5.74, 6) is -0.538. The SMILES string of the molecule is O=C(N/N=C/c1cn(-c2ccccc2)nc1-c1ccc([N+](=O)[O-])o1)c1ccccc1. The van der Waals surface area contributed by atoms with Gasteiger partial charge in [0.1, 0.15) is 10.6 Å². The predicted molar refractivity (Wildman–Crippen MR) is 109 cm³/mol. The van der Waals surface area contributed by atoms with Crippen LogP contribution in [0, 0.1) is 10.1 Å². The number of rotatable bonds is 6. The van der Waals surface area contributed by atoms with Crippen molar-refractivity contribution < 1.29 is 14.1 Å². The second-order valence-electron chi connectivity index (χ2n) is 6.17. The summed E-state index contributed by atoms with van der Waals surface area (Å²) in [5.41, 5.74) is 4.57. The molecule has 0 aliphatic rings. The van der Waals surface area contributed by atoms with E-state index in [9.17, 15) is 14.9 Å². The van der Waals surface area contributed by atoms with Crippen molar-refractivity contribution in [3.63, 3.8) is 0 Å². The van der Waals surface area contributed by atoms with E-state index >= 15 is 0 Å². The highest BCUT2D eigenvalue weighted by atomic mass is 16.6. The van der Waals surface area contributed by atoms with E-state index in [1.165, 1.54) is 18.3 Å². The first kappa shape index (κ1) is 18.8. The van der Waals surface area contributed by atoms with Gasteiger partial charge >= 0.3 is 5.88 Å². The summed E-state index contributed by atoms with van der Waals surface area (Å²) in [6.07, 6.45) is 3.11. The summed E-state index contributed by atoms with van der Waals surface area (Å²) in [7, 11) is 0. The van der Waals surface area contributed by atoms with Gasteiger partial charge in [-0.25, -0.2) is 10.1 Å². The fraction of sp³-hybridized carbons (Fsp3) is 0. The van der Waals surface area contributed by atoms with Crippen LogP contribution in [-0.2, 0) is 0 Å². The van der Waals surface area contributed by atoms with Crippen molar-refractivity contribution in [2.75, 3.05) is 0 Å². The Labute approximate surface area is 170 Å². The number of hydrogen-bond donors (Lipinski definition) is 1. The van der Waals surface area contributed by atoms with Crippen LogP contribution in [0.3, 0.4) is 0 Å². The topological polar surface area (TPSA) is 116 Å². The molecule has 9 nitrogen and oxygen atoms in total. The van der Waals surface area contributed by atoms with Crippen molar-refractivity contribution >= 4 is 18.0 Å². The van der Waals surface area contributed by atoms with Crippen LogP contribution in [0.15, 0.2) is 88.5 Å². The normalized spacial score (nSPS) is 10.9. The van der Waals surface area contributed by atoms with Crippen LogP contribution in [0.25, 0.3) is 17.1 Å². The second-order valence-corrected chi connectivity index (χ2v) is 6.17. The van der Waals surface area contributed by atoms with Crippen molar-refractivity contribution in [3.05, 3.63) is 100 Å². The lowest BCUT2D eigenvalue weighted by Crippen LogP contribution is -2.17. The first-order valence-electron chi connectivity index (χ1n) is 8.90. The van der Waals surface area contributed by atoms with Crippen molar-refractivity contribution in [2.24, 2.45) is 5.10 Å². The van der Waals surface area contributed by atoms with Gasteiger partial charge in [-0.2, -0.15) is 10.2 Å². The lowest BCUT2D eigenvalue weighted by Gasteiger charge is -1.98. The average molecular weight is 401 g/mol. The highest BCUT2D eigenvalue weighted by Gasteiger charge is 2.19. The number of aromatic nitrogens is 2. The van der Waals surface area contributed by atoms with Gasteiger partial charge in [-0.05, 0) is 30.3 Å². The van der Waals surface area contributed by atoms with E-state index in [1.54, 1.807) is 35.1 Å². The maximum Gasteiger partial charge on any atom is 0.433 e. The van der Waals surface area contributed by atoms with E-state index in [2.05, 4.69) is 15.6 Å². The molecule has 4 rings (SSSR count). The van der Waals surface area contributed by atoms with E-state index in [0.29, 0.717) is 16.8 Å². The van der Waals surface area contributed by atoms with E-state index < -0.39 is 4.92 Å². The molecule has 1 N–H and O–H groups in total. The zero-order valence-corrected chi connectivity index (χ0v) is 15.5. The number of benzene rings is 2. The number of furan rings is 1. The van der Waals surface area contributed by atoms with Gasteiger partial charge in [-0.1, -0.05) is 36.4 Å². The van der Waals surface area contributed by atoms with Gasteiger partial charge in [0, 0.05) is 17.3 Å². The molecular formula is C21H15N5O4. The number of carbonyl (C=O) groups excluding carboxylic acids is 1. The van der Waals surface area contributed by atoms with Crippen molar-refractivity contribution in [1.82, 2.24) is 15.2 Å². The number of carbonyl (C=O) groups is 1. The molecular weight excluding hydrogens is 386 g/mol. The van der Waals surface area contributed by atoms with Gasteiger partial charge in [0.2, 0.25) is 0 Å². The molecule has 0 bridgehead atoms. The van der Waals surface area contributed by atoms with Gasteiger partial charge in [0.15, 0.2) is 5.76 Å². The number of amides is 1.